The monoisotopic (exact) mass is 513 g/mol. The SMILES string of the molecule is CC(C)OC(=O)[C@H](C)N[P@](=O)(OC[C@H]1S[C@@H](n2cnc(N)nc2=O)C[C@@H]1O)Oc1ccccc1. The van der Waals surface area contributed by atoms with E-state index in [2.05, 4.69) is 15.1 Å². The minimum Gasteiger partial charge on any atom is -0.462 e. The van der Waals surface area contributed by atoms with Crippen molar-refractivity contribution in [3.8, 4) is 5.75 Å². The Morgan fingerprint density at radius 1 is 1.35 bits per heavy atom. The van der Waals surface area contributed by atoms with Crippen LogP contribution >= 0.6 is 19.5 Å². The molecule has 0 saturated carbocycles. The van der Waals surface area contributed by atoms with Crippen molar-refractivity contribution in [2.24, 2.45) is 0 Å². The number of rotatable bonds is 10. The summed E-state index contributed by atoms with van der Waals surface area (Å²) in [5.74, 6) is -0.487. The predicted octanol–water partition coefficient (Wildman–Crippen LogP) is 1.72. The van der Waals surface area contributed by atoms with E-state index in [0.29, 0.717) is 0 Å². The third kappa shape index (κ3) is 7.03. The number of hydrogen-bond acceptors (Lipinski definition) is 11. The third-order valence-electron chi connectivity index (χ3n) is 4.69. The Balaban J connectivity index is 1.71. The van der Waals surface area contributed by atoms with E-state index in [4.69, 9.17) is 19.5 Å². The summed E-state index contributed by atoms with van der Waals surface area (Å²) < 4.78 is 31.2. The van der Waals surface area contributed by atoms with Gasteiger partial charge in [0, 0.05) is 6.42 Å². The molecule has 1 aromatic carbocycles. The Bertz CT molecular complexity index is 1090. The number of carbonyl (C=O) groups is 1. The van der Waals surface area contributed by atoms with Crippen LogP contribution in [-0.2, 0) is 18.6 Å². The molecule has 1 aliphatic heterocycles. The smallest absolute Gasteiger partial charge is 0.459 e. The van der Waals surface area contributed by atoms with Crippen LogP contribution in [0.15, 0.2) is 41.5 Å². The number of aromatic nitrogens is 3. The molecule has 2 aromatic rings. The Morgan fingerprint density at radius 2 is 2.06 bits per heavy atom. The van der Waals surface area contributed by atoms with E-state index < -0.39 is 42.2 Å². The molecule has 0 amide bonds. The molecule has 186 valence electrons. The maximum absolute atomic E-state index is 13.5. The van der Waals surface area contributed by atoms with Crippen LogP contribution in [0.4, 0.5) is 5.95 Å². The number of esters is 1. The van der Waals surface area contributed by atoms with E-state index >= 15 is 0 Å². The molecule has 2 heterocycles. The third-order valence-corrected chi connectivity index (χ3v) is 7.87. The van der Waals surface area contributed by atoms with Crippen LogP contribution in [0.25, 0.3) is 0 Å². The summed E-state index contributed by atoms with van der Waals surface area (Å²) in [6.07, 6.45) is 0.272. The zero-order valence-corrected chi connectivity index (χ0v) is 20.6. The highest BCUT2D eigenvalue weighted by atomic mass is 32.2. The van der Waals surface area contributed by atoms with E-state index in [-0.39, 0.29) is 30.8 Å². The highest BCUT2D eigenvalue weighted by Crippen LogP contribution is 2.48. The van der Waals surface area contributed by atoms with Gasteiger partial charge >= 0.3 is 19.4 Å². The van der Waals surface area contributed by atoms with E-state index in [1.165, 1.54) is 29.6 Å². The summed E-state index contributed by atoms with van der Waals surface area (Å²) >= 11 is 1.24. The Morgan fingerprint density at radius 3 is 2.71 bits per heavy atom. The quantitative estimate of drug-likeness (QED) is 0.311. The standard InChI is InChI=1S/C20H28N5O7PS/c1-12(2)31-18(27)13(3)24-33(29,32-14-7-5-4-6-8-14)30-10-16-15(26)9-17(34-16)25-11-22-19(21)23-20(25)28/h4-8,11-13,15-17,26H,9-10H2,1-3H3,(H,24,29)(H2,21,23,28)/t13-,15-,16+,17+,33-/m0/s1. The summed E-state index contributed by atoms with van der Waals surface area (Å²) in [5, 5.41) is 12.1. The molecule has 0 spiro atoms. The predicted molar refractivity (Wildman–Crippen MR) is 126 cm³/mol. The molecule has 14 heteroatoms. The first-order chi connectivity index (χ1) is 16.1. The van der Waals surface area contributed by atoms with Gasteiger partial charge in [-0.05, 0) is 32.9 Å². The number of nitrogen functional groups attached to an aromatic ring is 1. The van der Waals surface area contributed by atoms with Gasteiger partial charge in [0.25, 0.3) is 0 Å². The van der Waals surface area contributed by atoms with Crippen LogP contribution in [0, 0.1) is 0 Å². The minimum atomic E-state index is -4.07. The lowest BCUT2D eigenvalue weighted by Crippen LogP contribution is -2.37. The fraction of sp³-hybridized carbons (Fsp3) is 0.500. The second kappa shape index (κ2) is 11.3. The van der Waals surface area contributed by atoms with Gasteiger partial charge in [-0.2, -0.15) is 10.1 Å². The number of benzene rings is 1. The van der Waals surface area contributed by atoms with Crippen LogP contribution < -0.4 is 21.0 Å². The first-order valence-corrected chi connectivity index (χ1v) is 13.1. The fourth-order valence-electron chi connectivity index (χ4n) is 3.09. The molecule has 3 rings (SSSR count). The molecule has 1 saturated heterocycles. The summed E-state index contributed by atoms with van der Waals surface area (Å²) in [4.78, 5) is 31.8. The second-order valence-electron chi connectivity index (χ2n) is 7.87. The molecule has 0 unspecified atom stereocenters. The molecule has 1 aromatic heterocycles. The summed E-state index contributed by atoms with van der Waals surface area (Å²) in [6.45, 7) is 4.70. The number of nitrogens with two attached hydrogens (primary N) is 1. The maximum Gasteiger partial charge on any atom is 0.459 e. The van der Waals surface area contributed by atoms with Gasteiger partial charge in [-0.15, -0.1) is 11.8 Å². The molecule has 0 aliphatic carbocycles. The molecule has 5 atom stereocenters. The van der Waals surface area contributed by atoms with E-state index in [0.717, 1.165) is 0 Å². The number of thioether (sulfide) groups is 1. The largest absolute Gasteiger partial charge is 0.462 e. The topological polar surface area (TPSA) is 168 Å². The van der Waals surface area contributed by atoms with Crippen molar-refractivity contribution < 1.29 is 28.3 Å². The number of para-hydroxylation sites is 1. The number of anilines is 1. The van der Waals surface area contributed by atoms with Crippen molar-refractivity contribution in [3.05, 3.63) is 47.1 Å². The van der Waals surface area contributed by atoms with E-state index in [1.54, 1.807) is 44.2 Å². The Kier molecular flexibility index (Phi) is 8.72. The average molecular weight is 514 g/mol. The molecule has 4 N–H and O–H groups in total. The Hall–Kier alpha value is -2.44. The zero-order chi connectivity index (χ0) is 24.9. The molecule has 1 fully saturated rings. The van der Waals surface area contributed by atoms with Gasteiger partial charge in [0.1, 0.15) is 18.1 Å². The lowest BCUT2D eigenvalue weighted by Gasteiger charge is -2.25. The lowest BCUT2D eigenvalue weighted by atomic mass is 10.2. The Labute approximate surface area is 200 Å². The highest BCUT2D eigenvalue weighted by molar-refractivity contribution is 8.00. The lowest BCUT2D eigenvalue weighted by molar-refractivity contribution is -0.149. The highest BCUT2D eigenvalue weighted by Gasteiger charge is 2.39. The van der Waals surface area contributed by atoms with Gasteiger partial charge < -0.3 is 20.1 Å². The van der Waals surface area contributed by atoms with Crippen LogP contribution in [0.5, 0.6) is 5.75 Å². The van der Waals surface area contributed by atoms with Crippen molar-refractivity contribution in [2.45, 2.75) is 56.1 Å². The van der Waals surface area contributed by atoms with Crippen LogP contribution in [0.2, 0.25) is 0 Å². The molecule has 12 nitrogen and oxygen atoms in total. The molecular weight excluding hydrogens is 485 g/mol. The van der Waals surface area contributed by atoms with Crippen LogP contribution in [-0.4, -0.2) is 55.7 Å². The molecule has 0 bridgehead atoms. The van der Waals surface area contributed by atoms with E-state index in [1.807, 2.05) is 0 Å². The van der Waals surface area contributed by atoms with Crippen molar-refractivity contribution in [1.82, 2.24) is 19.6 Å². The normalized spacial score (nSPS) is 22.8. The average Bonchev–Trinajstić information content (AvgIpc) is 3.12. The van der Waals surface area contributed by atoms with Crippen molar-refractivity contribution in [1.29, 1.82) is 0 Å². The van der Waals surface area contributed by atoms with Crippen LogP contribution in [0.3, 0.4) is 0 Å². The molecule has 0 radical (unpaired) electrons. The number of aliphatic hydroxyl groups excluding tert-OH is 1. The van der Waals surface area contributed by atoms with Gasteiger partial charge in [-0.3, -0.25) is 13.9 Å². The summed E-state index contributed by atoms with van der Waals surface area (Å²) in [6, 6.07) is 7.36. The van der Waals surface area contributed by atoms with Gasteiger partial charge in [0.2, 0.25) is 5.95 Å². The maximum atomic E-state index is 13.5. The molecule has 1 aliphatic rings. The minimum absolute atomic E-state index is 0.139. The van der Waals surface area contributed by atoms with Crippen molar-refractivity contribution in [2.75, 3.05) is 12.3 Å². The number of nitrogens with zero attached hydrogens (tertiary/aromatic N) is 3. The zero-order valence-electron chi connectivity index (χ0n) is 18.9. The van der Waals surface area contributed by atoms with E-state index in [9.17, 15) is 19.3 Å². The molecule has 34 heavy (non-hydrogen) atoms. The second-order valence-corrected chi connectivity index (χ2v) is 11.0. The number of aliphatic hydroxyl groups is 1. The number of hydrogen-bond donors (Lipinski definition) is 3. The summed E-state index contributed by atoms with van der Waals surface area (Å²) in [5.41, 5.74) is 4.84. The fourth-order valence-corrected chi connectivity index (χ4v) is 6.14. The number of carbonyl (C=O) groups excluding carboxylic acids is 1. The number of ether oxygens (including phenoxy) is 1. The van der Waals surface area contributed by atoms with Gasteiger partial charge in [0.05, 0.1) is 29.4 Å². The van der Waals surface area contributed by atoms with Crippen LogP contribution in [0.1, 0.15) is 32.6 Å². The van der Waals surface area contributed by atoms with Gasteiger partial charge in [-0.1, -0.05) is 18.2 Å². The first kappa shape index (κ1) is 26.2. The molecular formula is C20H28N5O7PS. The summed E-state index contributed by atoms with van der Waals surface area (Å²) in [7, 11) is -4.07. The van der Waals surface area contributed by atoms with Crippen molar-refractivity contribution >= 4 is 31.4 Å². The number of nitrogens with one attached hydrogen (secondary N) is 1. The first-order valence-electron chi connectivity index (χ1n) is 10.6. The van der Waals surface area contributed by atoms with Crippen molar-refractivity contribution in [3.63, 3.8) is 0 Å². The van der Waals surface area contributed by atoms with Gasteiger partial charge in [-0.25, -0.2) is 14.3 Å². The van der Waals surface area contributed by atoms with Gasteiger partial charge in [0.15, 0.2) is 0 Å².